The molecule has 0 bridgehead atoms. The Hall–Kier alpha value is -2.03. The van der Waals surface area contributed by atoms with E-state index in [0.29, 0.717) is 19.5 Å². The second-order valence-electron chi connectivity index (χ2n) is 6.61. The van der Waals surface area contributed by atoms with Gasteiger partial charge in [0.25, 0.3) is 0 Å². The van der Waals surface area contributed by atoms with Gasteiger partial charge >= 0.3 is 0 Å². The van der Waals surface area contributed by atoms with Gasteiger partial charge in [0.2, 0.25) is 5.91 Å². The Balaban J connectivity index is 2.01. The van der Waals surface area contributed by atoms with E-state index in [4.69, 9.17) is 5.73 Å². The number of benzene rings is 1. The van der Waals surface area contributed by atoms with Crippen molar-refractivity contribution in [3.8, 4) is 0 Å². The first kappa shape index (κ1) is 18.8. The van der Waals surface area contributed by atoms with Crippen LogP contribution in [0.3, 0.4) is 0 Å². The molecular weight excluding hydrogens is 352 g/mol. The minimum absolute atomic E-state index is 0.0855. The molecule has 1 aliphatic heterocycles. The van der Waals surface area contributed by atoms with Crippen LogP contribution in [-0.2, 0) is 15.9 Å². The number of nitrogens with zero attached hydrogens (tertiary/aromatic N) is 3. The van der Waals surface area contributed by atoms with Gasteiger partial charge in [0.1, 0.15) is 5.82 Å². The Morgan fingerprint density at radius 3 is 2.73 bits per heavy atom. The lowest BCUT2D eigenvalue weighted by atomic mass is 10.1. The predicted molar refractivity (Wildman–Crippen MR) is 101 cm³/mol. The number of hydrogen-bond donors (Lipinski definition) is 1. The number of pyridine rings is 1. The van der Waals surface area contributed by atoms with Gasteiger partial charge in [-0.2, -0.15) is 0 Å². The lowest BCUT2D eigenvalue weighted by Crippen LogP contribution is -2.48. The topological polar surface area (TPSA) is 103 Å². The summed E-state index contributed by atoms with van der Waals surface area (Å²) in [4.78, 5) is 20.3. The van der Waals surface area contributed by atoms with Gasteiger partial charge in [-0.25, -0.2) is 4.98 Å². The quantitative estimate of drug-likeness (QED) is 0.807. The number of carbonyl (C=O) groups excluding carboxylic acids is 1. The van der Waals surface area contributed by atoms with E-state index in [1.807, 2.05) is 38.2 Å². The van der Waals surface area contributed by atoms with E-state index < -0.39 is 16.5 Å². The van der Waals surface area contributed by atoms with Gasteiger partial charge in [-0.15, -0.1) is 0 Å². The fraction of sp³-hybridized carbons (Fsp3) is 0.444. The zero-order valence-corrected chi connectivity index (χ0v) is 15.7. The molecule has 2 aromatic rings. The van der Waals surface area contributed by atoms with Crippen LogP contribution in [0.1, 0.15) is 18.9 Å². The highest BCUT2D eigenvalue weighted by Crippen LogP contribution is 2.30. The van der Waals surface area contributed by atoms with Crippen LogP contribution >= 0.6 is 0 Å². The fourth-order valence-electron chi connectivity index (χ4n) is 3.57. The summed E-state index contributed by atoms with van der Waals surface area (Å²) in [5, 5.41) is 1.28. The third-order valence-corrected chi connectivity index (χ3v) is 5.85. The van der Waals surface area contributed by atoms with Crippen molar-refractivity contribution in [1.82, 2.24) is 9.88 Å². The molecule has 1 fully saturated rings. The second-order valence-corrected chi connectivity index (χ2v) is 7.67. The molecule has 1 aromatic heterocycles. The van der Waals surface area contributed by atoms with Crippen molar-refractivity contribution in [2.24, 2.45) is 5.73 Å². The molecule has 0 saturated carbocycles. The van der Waals surface area contributed by atoms with Gasteiger partial charge in [0, 0.05) is 30.7 Å². The molecule has 2 unspecified atom stereocenters. The zero-order chi connectivity index (χ0) is 18.8. The summed E-state index contributed by atoms with van der Waals surface area (Å²) in [7, 11) is 0. The highest BCUT2D eigenvalue weighted by molar-refractivity contribution is 7.79. The van der Waals surface area contributed by atoms with Crippen LogP contribution in [0.2, 0.25) is 0 Å². The lowest BCUT2D eigenvalue weighted by molar-refractivity contribution is -0.130. The Bertz CT molecular complexity index is 844. The average molecular weight is 375 g/mol. The molecule has 0 spiro atoms. The van der Waals surface area contributed by atoms with Gasteiger partial charge in [-0.3, -0.25) is 9.00 Å². The van der Waals surface area contributed by atoms with Gasteiger partial charge in [-0.05, 0) is 42.3 Å². The Morgan fingerprint density at radius 1 is 1.38 bits per heavy atom. The minimum atomic E-state index is -2.38. The zero-order valence-electron chi connectivity index (χ0n) is 14.9. The van der Waals surface area contributed by atoms with E-state index in [1.165, 1.54) is 4.90 Å². The summed E-state index contributed by atoms with van der Waals surface area (Å²) in [5.74, 6) is 0.464. The third kappa shape index (κ3) is 3.44. The lowest BCUT2D eigenvalue weighted by Gasteiger charge is -2.33. The number of hydrogen-bond acceptors (Lipinski definition) is 6. The summed E-state index contributed by atoms with van der Waals surface area (Å²) in [6.07, 6.45) is 2.15. The smallest absolute Gasteiger partial charge is 0.237 e. The monoisotopic (exact) mass is 375 g/mol. The van der Waals surface area contributed by atoms with Gasteiger partial charge in [0.15, 0.2) is 0 Å². The van der Waals surface area contributed by atoms with E-state index in [2.05, 4.69) is 16.0 Å². The van der Waals surface area contributed by atoms with Crippen molar-refractivity contribution in [1.29, 1.82) is 0 Å². The van der Waals surface area contributed by atoms with Crippen LogP contribution in [0.25, 0.3) is 10.8 Å². The largest absolute Gasteiger partial charge is 0.771 e. The average Bonchev–Trinajstić information content (AvgIpc) is 2.81. The SMILES string of the molecule is Cc1cnc(N2CC[C@H](S(=O)[O-])N(C(=O)CN)CC2C)c2ccccc12. The number of carbonyl (C=O) groups is 1. The highest BCUT2D eigenvalue weighted by atomic mass is 32.2. The number of nitrogens with two attached hydrogens (primary N) is 1. The molecule has 140 valence electrons. The minimum Gasteiger partial charge on any atom is -0.771 e. The Labute approximate surface area is 155 Å². The molecule has 0 radical (unpaired) electrons. The molecule has 8 heteroatoms. The van der Waals surface area contributed by atoms with Gasteiger partial charge in [0.05, 0.1) is 11.9 Å². The summed E-state index contributed by atoms with van der Waals surface area (Å²) < 4.78 is 23.4. The standard InChI is InChI=1S/C18H24N4O3S/c1-12-10-20-18(15-6-4-3-5-14(12)15)21-8-7-17(26(24)25)22(11-13(21)2)16(23)9-19/h3-6,10,13,17H,7-9,11,19H2,1-2H3,(H,24,25)/p-1/t13?,17-/m0/s1. The molecule has 3 atom stereocenters. The van der Waals surface area contributed by atoms with Crippen molar-refractivity contribution >= 4 is 33.6 Å². The maximum atomic E-state index is 12.2. The number of aryl methyl sites for hydroxylation is 1. The second kappa shape index (κ2) is 7.69. The summed E-state index contributed by atoms with van der Waals surface area (Å²) in [6.45, 7) is 4.57. The van der Waals surface area contributed by atoms with E-state index >= 15 is 0 Å². The summed E-state index contributed by atoms with van der Waals surface area (Å²) in [6, 6.07) is 7.95. The molecular formula is C18H23N4O3S-. The first-order valence-electron chi connectivity index (χ1n) is 8.62. The van der Waals surface area contributed by atoms with E-state index in [9.17, 15) is 13.6 Å². The molecule has 1 amide bonds. The molecule has 7 nitrogen and oxygen atoms in total. The molecule has 3 rings (SSSR count). The molecule has 1 aliphatic rings. The Morgan fingerprint density at radius 2 is 2.08 bits per heavy atom. The number of rotatable bonds is 3. The van der Waals surface area contributed by atoms with Crippen LogP contribution in [0, 0.1) is 6.92 Å². The van der Waals surface area contributed by atoms with Crippen molar-refractivity contribution in [3.63, 3.8) is 0 Å². The molecule has 26 heavy (non-hydrogen) atoms. The molecule has 2 N–H and O–H groups in total. The van der Waals surface area contributed by atoms with Crippen LogP contribution in [0.5, 0.6) is 0 Å². The molecule has 1 aromatic carbocycles. The number of anilines is 1. The normalized spacial score (nSPS) is 22.3. The maximum absolute atomic E-state index is 12.2. The van der Waals surface area contributed by atoms with Crippen molar-refractivity contribution in [3.05, 3.63) is 36.0 Å². The maximum Gasteiger partial charge on any atom is 0.237 e. The van der Waals surface area contributed by atoms with Crippen LogP contribution in [0.4, 0.5) is 5.82 Å². The van der Waals surface area contributed by atoms with E-state index in [1.54, 1.807) is 0 Å². The molecule has 0 aliphatic carbocycles. The summed E-state index contributed by atoms with van der Waals surface area (Å²) >= 11 is -2.38. The van der Waals surface area contributed by atoms with Crippen LogP contribution in [-0.4, -0.2) is 55.6 Å². The Kier molecular flexibility index (Phi) is 5.55. The fourth-order valence-corrected chi connectivity index (χ4v) is 4.28. The van der Waals surface area contributed by atoms with Crippen molar-refractivity contribution in [2.45, 2.75) is 31.7 Å². The van der Waals surface area contributed by atoms with Crippen molar-refractivity contribution < 1.29 is 13.6 Å². The van der Waals surface area contributed by atoms with Crippen molar-refractivity contribution in [2.75, 3.05) is 24.5 Å². The van der Waals surface area contributed by atoms with Gasteiger partial charge < -0.3 is 20.1 Å². The highest BCUT2D eigenvalue weighted by Gasteiger charge is 2.32. The van der Waals surface area contributed by atoms with Crippen LogP contribution in [0.15, 0.2) is 30.5 Å². The third-order valence-electron chi connectivity index (χ3n) is 4.92. The number of aromatic nitrogens is 1. The molecule has 1 saturated heterocycles. The first-order chi connectivity index (χ1) is 12.4. The summed E-state index contributed by atoms with van der Waals surface area (Å²) in [5.41, 5.74) is 6.57. The van der Waals surface area contributed by atoms with Crippen LogP contribution < -0.4 is 10.6 Å². The van der Waals surface area contributed by atoms with E-state index in [0.717, 1.165) is 22.2 Å². The van der Waals surface area contributed by atoms with E-state index in [-0.39, 0.29) is 18.5 Å². The molecule has 2 heterocycles. The first-order valence-corrected chi connectivity index (χ1v) is 9.76. The van der Waals surface area contributed by atoms with Gasteiger partial charge in [-0.1, -0.05) is 24.3 Å². The number of fused-ring (bicyclic) bond motifs is 1. The predicted octanol–water partition coefficient (Wildman–Crippen LogP) is 1.13. The number of amides is 1.